The predicted octanol–water partition coefficient (Wildman–Crippen LogP) is 4.64. The second-order valence-corrected chi connectivity index (χ2v) is 8.91. The fourth-order valence-corrected chi connectivity index (χ4v) is 3.95. The van der Waals surface area contributed by atoms with Crippen molar-refractivity contribution < 1.29 is 13.2 Å². The summed E-state index contributed by atoms with van der Waals surface area (Å²) >= 11 is 0. The molecule has 0 aromatic heterocycles. The molecule has 144 valence electrons. The van der Waals surface area contributed by atoms with Gasteiger partial charge in [0.05, 0.1) is 17.1 Å². The number of rotatable bonds is 6. The third kappa shape index (κ3) is 4.49. The molecule has 0 aliphatic carbocycles. The Morgan fingerprint density at radius 3 is 2.11 bits per heavy atom. The maximum Gasteiger partial charge on any atom is 0.228 e. The van der Waals surface area contributed by atoms with Gasteiger partial charge in [-0.3, -0.25) is 4.79 Å². The molecule has 1 N–H and O–H groups in total. The zero-order valence-corrected chi connectivity index (χ0v) is 16.8. The van der Waals surface area contributed by atoms with Crippen LogP contribution in [-0.4, -0.2) is 20.1 Å². The number of hydrogen-bond donors (Lipinski definition) is 1. The Hall–Kier alpha value is -2.92. The van der Waals surface area contributed by atoms with E-state index in [-0.39, 0.29) is 23.0 Å². The Kier molecular flexibility index (Phi) is 5.95. The van der Waals surface area contributed by atoms with Crippen LogP contribution in [0.4, 0.5) is 5.69 Å². The first-order valence-electron chi connectivity index (χ1n) is 9.17. The molecule has 0 radical (unpaired) electrons. The molecule has 0 unspecified atom stereocenters. The molecule has 0 aliphatic rings. The van der Waals surface area contributed by atoms with Gasteiger partial charge in [-0.2, -0.15) is 0 Å². The number of carbonyl (C=O) groups is 1. The van der Waals surface area contributed by atoms with E-state index >= 15 is 0 Å². The molecule has 3 aromatic rings. The van der Waals surface area contributed by atoms with E-state index in [0.717, 1.165) is 27.9 Å². The third-order valence-electron chi connectivity index (χ3n) is 4.66. The van der Waals surface area contributed by atoms with E-state index in [4.69, 9.17) is 0 Å². The lowest BCUT2D eigenvalue weighted by Gasteiger charge is -2.13. The van der Waals surface area contributed by atoms with E-state index in [0.29, 0.717) is 0 Å². The number of sulfone groups is 1. The van der Waals surface area contributed by atoms with Crippen LogP contribution in [0.15, 0.2) is 77.7 Å². The zero-order chi connectivity index (χ0) is 20.1. The molecule has 3 rings (SSSR count). The Morgan fingerprint density at radius 1 is 0.857 bits per heavy atom. The van der Waals surface area contributed by atoms with Crippen molar-refractivity contribution in [3.63, 3.8) is 0 Å². The van der Waals surface area contributed by atoms with Crippen LogP contribution in [0.2, 0.25) is 0 Å². The van der Waals surface area contributed by atoms with Crippen molar-refractivity contribution in [1.82, 2.24) is 0 Å². The van der Waals surface area contributed by atoms with Gasteiger partial charge >= 0.3 is 0 Å². The Morgan fingerprint density at radius 2 is 1.46 bits per heavy atom. The summed E-state index contributed by atoms with van der Waals surface area (Å²) in [5, 5.41) is 2.98. The average molecular weight is 394 g/mol. The number of nitrogens with one attached hydrogen (secondary N) is 1. The van der Waals surface area contributed by atoms with Crippen LogP contribution < -0.4 is 5.32 Å². The number of carbonyl (C=O) groups excluding carboxylic acids is 1. The van der Waals surface area contributed by atoms with Gasteiger partial charge in [0.2, 0.25) is 5.91 Å². The molecule has 5 heteroatoms. The van der Waals surface area contributed by atoms with Gasteiger partial charge in [-0.1, -0.05) is 61.5 Å². The normalized spacial score (nSPS) is 11.2. The summed E-state index contributed by atoms with van der Waals surface area (Å²) in [5.74, 6) is -0.0881. The first-order valence-corrected chi connectivity index (χ1v) is 10.8. The van der Waals surface area contributed by atoms with Gasteiger partial charge in [-0.15, -0.1) is 0 Å². The fourth-order valence-electron chi connectivity index (χ4n) is 3.06. The molecule has 0 heterocycles. The summed E-state index contributed by atoms with van der Waals surface area (Å²) in [6, 6.07) is 22.3. The van der Waals surface area contributed by atoms with Crippen LogP contribution in [0.1, 0.15) is 18.1 Å². The number of benzene rings is 3. The first kappa shape index (κ1) is 19.8. The molecule has 0 saturated carbocycles. The highest BCUT2D eigenvalue weighted by molar-refractivity contribution is 7.91. The molecular formula is C23H23NO3S. The summed E-state index contributed by atoms with van der Waals surface area (Å²) in [6.07, 6.45) is 0.175. The summed E-state index contributed by atoms with van der Waals surface area (Å²) in [4.78, 5) is 12.8. The van der Waals surface area contributed by atoms with Gasteiger partial charge in [0.15, 0.2) is 9.84 Å². The largest absolute Gasteiger partial charge is 0.325 e. The average Bonchev–Trinajstić information content (AvgIpc) is 2.69. The number of aryl methyl sites for hydroxylation is 1. The predicted molar refractivity (Wildman–Crippen MR) is 113 cm³/mol. The summed E-state index contributed by atoms with van der Waals surface area (Å²) in [6.45, 7) is 3.66. The van der Waals surface area contributed by atoms with E-state index in [9.17, 15) is 13.2 Å². The summed E-state index contributed by atoms with van der Waals surface area (Å²) in [7, 11) is -3.23. The van der Waals surface area contributed by atoms with Crippen LogP contribution >= 0.6 is 0 Å². The van der Waals surface area contributed by atoms with Crippen molar-refractivity contribution in [2.45, 2.75) is 25.2 Å². The van der Waals surface area contributed by atoms with E-state index in [1.54, 1.807) is 31.2 Å². The molecule has 3 aromatic carbocycles. The summed E-state index contributed by atoms with van der Waals surface area (Å²) < 4.78 is 23.8. The number of anilines is 1. The minimum absolute atomic E-state index is 0.0581. The van der Waals surface area contributed by atoms with Crippen molar-refractivity contribution in [2.75, 3.05) is 11.1 Å². The minimum Gasteiger partial charge on any atom is -0.325 e. The van der Waals surface area contributed by atoms with E-state index in [2.05, 4.69) is 5.32 Å². The van der Waals surface area contributed by atoms with Crippen LogP contribution in [0.25, 0.3) is 11.1 Å². The van der Waals surface area contributed by atoms with Crippen LogP contribution in [0.3, 0.4) is 0 Å². The molecule has 0 saturated heterocycles. The molecule has 28 heavy (non-hydrogen) atoms. The highest BCUT2D eigenvalue weighted by Crippen LogP contribution is 2.30. The monoisotopic (exact) mass is 393 g/mol. The zero-order valence-electron chi connectivity index (χ0n) is 16.0. The van der Waals surface area contributed by atoms with Gasteiger partial charge in [0.1, 0.15) is 0 Å². The fraction of sp³-hybridized carbons (Fsp3) is 0.174. The molecule has 0 spiro atoms. The molecule has 0 aliphatic heterocycles. The van der Waals surface area contributed by atoms with Gasteiger partial charge in [0, 0.05) is 11.3 Å². The lowest BCUT2D eigenvalue weighted by Crippen LogP contribution is -2.15. The number of amides is 1. The minimum atomic E-state index is -3.23. The third-order valence-corrected chi connectivity index (χ3v) is 6.41. The number of hydrogen-bond acceptors (Lipinski definition) is 3. The van der Waals surface area contributed by atoms with Gasteiger partial charge < -0.3 is 5.32 Å². The van der Waals surface area contributed by atoms with Gasteiger partial charge in [-0.05, 0) is 41.8 Å². The maximum atomic E-state index is 12.6. The molecule has 0 fully saturated rings. The highest BCUT2D eigenvalue weighted by Gasteiger charge is 2.13. The molecule has 0 bridgehead atoms. The lowest BCUT2D eigenvalue weighted by atomic mass is 9.99. The second-order valence-electron chi connectivity index (χ2n) is 6.63. The molecular weight excluding hydrogens is 370 g/mol. The van der Waals surface area contributed by atoms with Gasteiger partial charge in [-0.25, -0.2) is 8.42 Å². The number of para-hydroxylation sites is 1. The second kappa shape index (κ2) is 8.40. The van der Waals surface area contributed by atoms with Crippen LogP contribution in [-0.2, 0) is 21.1 Å². The highest BCUT2D eigenvalue weighted by atomic mass is 32.2. The molecule has 0 atom stereocenters. The SMILES string of the molecule is CCS(=O)(=O)c1ccc(CC(=O)Nc2ccccc2-c2ccccc2C)cc1. The van der Waals surface area contributed by atoms with E-state index in [1.165, 1.54) is 0 Å². The van der Waals surface area contributed by atoms with E-state index in [1.807, 2.05) is 55.5 Å². The van der Waals surface area contributed by atoms with Crippen LogP contribution in [0, 0.1) is 6.92 Å². The molecule has 1 amide bonds. The van der Waals surface area contributed by atoms with Crippen molar-refractivity contribution in [2.24, 2.45) is 0 Å². The van der Waals surface area contributed by atoms with Crippen molar-refractivity contribution in [1.29, 1.82) is 0 Å². The quantitative estimate of drug-likeness (QED) is 0.664. The van der Waals surface area contributed by atoms with Crippen molar-refractivity contribution >= 4 is 21.4 Å². The first-order chi connectivity index (χ1) is 13.4. The lowest BCUT2D eigenvalue weighted by molar-refractivity contribution is -0.115. The van der Waals surface area contributed by atoms with E-state index < -0.39 is 9.84 Å². The van der Waals surface area contributed by atoms with Crippen LogP contribution in [0.5, 0.6) is 0 Å². The Labute approximate surface area is 166 Å². The van der Waals surface area contributed by atoms with Crippen molar-refractivity contribution in [3.05, 3.63) is 83.9 Å². The topological polar surface area (TPSA) is 63.2 Å². The molecule has 4 nitrogen and oxygen atoms in total. The van der Waals surface area contributed by atoms with Crippen molar-refractivity contribution in [3.8, 4) is 11.1 Å². The Balaban J connectivity index is 1.77. The maximum absolute atomic E-state index is 12.6. The summed E-state index contributed by atoms with van der Waals surface area (Å²) in [5.41, 5.74) is 4.70. The smallest absolute Gasteiger partial charge is 0.228 e. The van der Waals surface area contributed by atoms with Gasteiger partial charge in [0.25, 0.3) is 0 Å². The standard InChI is InChI=1S/C23H23NO3S/c1-3-28(26,27)19-14-12-18(13-15-19)16-23(25)24-22-11-7-6-10-21(22)20-9-5-4-8-17(20)2/h4-15H,3,16H2,1-2H3,(H,24,25). The Bertz CT molecular complexity index is 1090.